The van der Waals surface area contributed by atoms with E-state index in [9.17, 15) is 9.18 Å². The molecule has 0 spiro atoms. The van der Waals surface area contributed by atoms with Gasteiger partial charge in [-0.3, -0.25) is 14.9 Å². The molecule has 23 heavy (non-hydrogen) atoms. The number of hydrogen-bond donors (Lipinski definition) is 2. The maximum Gasteiger partial charge on any atom is 0.274 e. The van der Waals surface area contributed by atoms with Crippen molar-refractivity contribution in [3.63, 3.8) is 0 Å². The standard InChI is InChI=1S/C17H24FN3O2/c1-20-6-3-2-4-14(10-20)21-7-5-12-8-13(17(22)19-23)9-16(18)15(12)11-21/h8-9,14,23H,2-7,10-11H2,1H3,(H,19,22). The smallest absolute Gasteiger partial charge is 0.274 e. The molecule has 0 bridgehead atoms. The van der Waals surface area contributed by atoms with Crippen LogP contribution in [0.2, 0.25) is 0 Å². The Morgan fingerprint density at radius 1 is 1.35 bits per heavy atom. The van der Waals surface area contributed by atoms with E-state index in [4.69, 9.17) is 5.21 Å². The lowest BCUT2D eigenvalue weighted by molar-refractivity contribution is 0.0705. The number of nitrogens with one attached hydrogen (secondary N) is 1. The van der Waals surface area contributed by atoms with E-state index in [0.29, 0.717) is 18.2 Å². The minimum Gasteiger partial charge on any atom is -0.305 e. The molecule has 1 fully saturated rings. The highest BCUT2D eigenvalue weighted by atomic mass is 19.1. The number of carbonyl (C=O) groups excluding carboxylic acids is 1. The number of amides is 1. The average molecular weight is 321 g/mol. The summed E-state index contributed by atoms with van der Waals surface area (Å²) in [5.74, 6) is -1.02. The van der Waals surface area contributed by atoms with Crippen molar-refractivity contribution in [1.82, 2.24) is 15.3 Å². The van der Waals surface area contributed by atoms with Crippen molar-refractivity contribution in [2.45, 2.75) is 38.3 Å². The molecule has 6 heteroatoms. The lowest BCUT2D eigenvalue weighted by Gasteiger charge is -2.36. The van der Waals surface area contributed by atoms with E-state index in [1.807, 2.05) is 0 Å². The summed E-state index contributed by atoms with van der Waals surface area (Å²) in [5.41, 5.74) is 3.31. The molecule has 1 aromatic rings. The van der Waals surface area contributed by atoms with Gasteiger partial charge in [-0.1, -0.05) is 6.42 Å². The van der Waals surface area contributed by atoms with Crippen LogP contribution >= 0.6 is 0 Å². The van der Waals surface area contributed by atoms with Gasteiger partial charge >= 0.3 is 0 Å². The number of likely N-dealkylation sites (N-methyl/N-ethyl adjacent to an activating group) is 1. The molecule has 1 amide bonds. The Labute approximate surface area is 136 Å². The molecule has 2 aliphatic rings. The molecular formula is C17H24FN3O2. The first-order chi connectivity index (χ1) is 11.1. The Hall–Kier alpha value is -1.50. The van der Waals surface area contributed by atoms with Crippen molar-refractivity contribution in [3.05, 3.63) is 34.6 Å². The third-order valence-electron chi connectivity index (χ3n) is 5.05. The van der Waals surface area contributed by atoms with Gasteiger partial charge in [-0.25, -0.2) is 9.87 Å². The predicted octanol–water partition coefficient (Wildman–Crippen LogP) is 1.79. The zero-order valence-electron chi connectivity index (χ0n) is 13.5. The molecule has 2 heterocycles. The van der Waals surface area contributed by atoms with Gasteiger partial charge in [0.1, 0.15) is 5.82 Å². The Balaban J connectivity index is 1.79. The molecule has 0 aromatic heterocycles. The highest BCUT2D eigenvalue weighted by Gasteiger charge is 2.28. The molecule has 126 valence electrons. The first-order valence-corrected chi connectivity index (χ1v) is 8.27. The predicted molar refractivity (Wildman–Crippen MR) is 84.9 cm³/mol. The fourth-order valence-electron chi connectivity index (χ4n) is 3.75. The quantitative estimate of drug-likeness (QED) is 0.644. The van der Waals surface area contributed by atoms with Gasteiger partial charge in [0.05, 0.1) is 0 Å². The topological polar surface area (TPSA) is 55.8 Å². The zero-order valence-corrected chi connectivity index (χ0v) is 13.5. The van der Waals surface area contributed by atoms with Gasteiger partial charge < -0.3 is 4.90 Å². The SMILES string of the molecule is CN1CCCCC(N2CCc3cc(C(=O)NO)cc(F)c3C2)C1. The molecule has 1 unspecified atom stereocenters. The summed E-state index contributed by atoms with van der Waals surface area (Å²) in [4.78, 5) is 16.2. The summed E-state index contributed by atoms with van der Waals surface area (Å²) < 4.78 is 14.4. The number of halogens is 1. The second-order valence-electron chi connectivity index (χ2n) is 6.67. The van der Waals surface area contributed by atoms with Crippen molar-refractivity contribution in [3.8, 4) is 0 Å². The van der Waals surface area contributed by atoms with Crippen LogP contribution in [0.3, 0.4) is 0 Å². The minimum absolute atomic E-state index is 0.173. The van der Waals surface area contributed by atoms with Gasteiger partial charge in [-0.15, -0.1) is 0 Å². The van der Waals surface area contributed by atoms with E-state index < -0.39 is 5.91 Å². The Bertz CT molecular complexity index is 593. The number of benzene rings is 1. The van der Waals surface area contributed by atoms with Gasteiger partial charge in [-0.05, 0) is 50.6 Å². The number of fused-ring (bicyclic) bond motifs is 1. The Morgan fingerprint density at radius 2 is 2.17 bits per heavy atom. The average Bonchev–Trinajstić information content (AvgIpc) is 2.78. The molecule has 1 atom stereocenters. The van der Waals surface area contributed by atoms with Gasteiger partial charge in [0.2, 0.25) is 0 Å². The highest BCUT2D eigenvalue weighted by Crippen LogP contribution is 2.27. The molecule has 0 aliphatic carbocycles. The maximum absolute atomic E-state index is 14.4. The van der Waals surface area contributed by atoms with E-state index >= 15 is 0 Å². The molecule has 2 aliphatic heterocycles. The van der Waals surface area contributed by atoms with Crippen LogP contribution in [0.25, 0.3) is 0 Å². The van der Waals surface area contributed by atoms with E-state index in [2.05, 4.69) is 16.8 Å². The lowest BCUT2D eigenvalue weighted by Crippen LogP contribution is -2.44. The van der Waals surface area contributed by atoms with Gasteiger partial charge in [-0.2, -0.15) is 0 Å². The second-order valence-corrected chi connectivity index (χ2v) is 6.67. The van der Waals surface area contributed by atoms with Crippen molar-refractivity contribution in [1.29, 1.82) is 0 Å². The summed E-state index contributed by atoms with van der Waals surface area (Å²) in [5, 5.41) is 8.71. The van der Waals surface area contributed by atoms with Crippen LogP contribution in [0.1, 0.15) is 40.7 Å². The summed E-state index contributed by atoms with van der Waals surface area (Å²) >= 11 is 0. The van der Waals surface area contributed by atoms with Crippen LogP contribution in [-0.2, 0) is 13.0 Å². The molecule has 3 rings (SSSR count). The maximum atomic E-state index is 14.4. The van der Waals surface area contributed by atoms with Crippen molar-refractivity contribution >= 4 is 5.91 Å². The fraction of sp³-hybridized carbons (Fsp3) is 0.588. The van der Waals surface area contributed by atoms with E-state index in [1.165, 1.54) is 18.9 Å². The second kappa shape index (κ2) is 6.95. The van der Waals surface area contributed by atoms with Crippen molar-refractivity contribution in [2.24, 2.45) is 0 Å². The van der Waals surface area contributed by atoms with Gasteiger partial charge in [0.15, 0.2) is 0 Å². The third kappa shape index (κ3) is 3.54. The number of likely N-dealkylation sites (tertiary alicyclic amines) is 1. The monoisotopic (exact) mass is 321 g/mol. The number of rotatable bonds is 2. The van der Waals surface area contributed by atoms with Crippen LogP contribution in [0.5, 0.6) is 0 Å². The summed E-state index contributed by atoms with van der Waals surface area (Å²) in [6.45, 7) is 3.65. The molecule has 1 aromatic carbocycles. The summed E-state index contributed by atoms with van der Waals surface area (Å²) in [7, 11) is 2.15. The number of carbonyl (C=O) groups is 1. The third-order valence-corrected chi connectivity index (χ3v) is 5.05. The molecule has 0 radical (unpaired) electrons. The summed E-state index contributed by atoms with van der Waals surface area (Å²) in [6, 6.07) is 3.38. The van der Waals surface area contributed by atoms with Gasteiger partial charge in [0, 0.05) is 36.8 Å². The van der Waals surface area contributed by atoms with E-state index in [1.54, 1.807) is 11.5 Å². The zero-order chi connectivity index (χ0) is 16.4. The van der Waals surface area contributed by atoms with Crippen molar-refractivity contribution < 1.29 is 14.4 Å². The first-order valence-electron chi connectivity index (χ1n) is 8.27. The Morgan fingerprint density at radius 3 is 2.96 bits per heavy atom. The Kier molecular flexibility index (Phi) is 4.94. The van der Waals surface area contributed by atoms with E-state index in [0.717, 1.165) is 38.0 Å². The molecule has 0 saturated carbocycles. The largest absolute Gasteiger partial charge is 0.305 e. The molecular weight excluding hydrogens is 297 g/mol. The van der Waals surface area contributed by atoms with Gasteiger partial charge in [0.25, 0.3) is 5.91 Å². The molecule has 1 saturated heterocycles. The number of nitrogens with zero attached hydrogens (tertiary/aromatic N) is 2. The number of hydroxylamine groups is 1. The van der Waals surface area contributed by atoms with E-state index in [-0.39, 0.29) is 11.4 Å². The number of hydrogen-bond acceptors (Lipinski definition) is 4. The van der Waals surface area contributed by atoms with Crippen LogP contribution in [0.4, 0.5) is 4.39 Å². The van der Waals surface area contributed by atoms with Crippen LogP contribution in [0, 0.1) is 5.82 Å². The fourth-order valence-corrected chi connectivity index (χ4v) is 3.75. The highest BCUT2D eigenvalue weighted by molar-refractivity contribution is 5.93. The lowest BCUT2D eigenvalue weighted by atomic mass is 9.94. The minimum atomic E-state index is -0.667. The normalized spacial score (nSPS) is 23.2. The van der Waals surface area contributed by atoms with Crippen LogP contribution < -0.4 is 5.48 Å². The van der Waals surface area contributed by atoms with Crippen LogP contribution in [0.15, 0.2) is 12.1 Å². The van der Waals surface area contributed by atoms with Crippen molar-refractivity contribution in [2.75, 3.05) is 26.7 Å². The molecule has 2 N–H and O–H groups in total. The summed E-state index contributed by atoms with van der Waals surface area (Å²) in [6.07, 6.45) is 4.34. The van der Waals surface area contributed by atoms with Crippen LogP contribution in [-0.4, -0.2) is 53.6 Å². The first kappa shape index (κ1) is 16.4. The molecule has 5 nitrogen and oxygen atoms in total.